The minimum absolute atomic E-state index is 0.733. The highest BCUT2D eigenvalue weighted by Gasteiger charge is 2.35. The van der Waals surface area contributed by atoms with E-state index >= 15 is 0 Å². The van der Waals surface area contributed by atoms with Crippen LogP contribution in [0.15, 0.2) is 0 Å². The molecular weight excluding hydrogens is 280 g/mol. The molecule has 0 aromatic carbocycles. The second-order valence-electron chi connectivity index (χ2n) is 4.31. The summed E-state index contributed by atoms with van der Waals surface area (Å²) in [6.45, 7) is 0. The highest BCUT2D eigenvalue weighted by Crippen LogP contribution is 2.44. The molecule has 2 fully saturated rings. The van der Waals surface area contributed by atoms with Crippen LogP contribution >= 0.6 is 31.9 Å². The van der Waals surface area contributed by atoms with Crippen LogP contribution in [0.25, 0.3) is 0 Å². The smallest absolute Gasteiger partial charge is 0.0273 e. The predicted octanol–water partition coefficient (Wildman–Crippen LogP) is 4.11. The Hall–Kier alpha value is 0.960. The number of halogens is 2. The number of hydrogen-bond acceptors (Lipinski definition) is 0. The van der Waals surface area contributed by atoms with Crippen molar-refractivity contribution in [3.63, 3.8) is 0 Å². The van der Waals surface area contributed by atoms with Gasteiger partial charge in [0, 0.05) is 9.65 Å². The number of alkyl halides is 2. The van der Waals surface area contributed by atoms with Gasteiger partial charge >= 0.3 is 0 Å². The lowest BCUT2D eigenvalue weighted by molar-refractivity contribution is 0.181. The van der Waals surface area contributed by atoms with Crippen molar-refractivity contribution in [1.82, 2.24) is 0 Å². The van der Waals surface area contributed by atoms with Gasteiger partial charge < -0.3 is 0 Å². The first kappa shape index (κ1) is 9.51. The van der Waals surface area contributed by atoms with Gasteiger partial charge in [-0.2, -0.15) is 0 Å². The average molecular weight is 296 g/mol. The molecule has 70 valence electrons. The number of rotatable bonds is 0. The first-order valence-corrected chi connectivity index (χ1v) is 6.88. The van der Waals surface area contributed by atoms with E-state index in [9.17, 15) is 0 Å². The van der Waals surface area contributed by atoms with Crippen molar-refractivity contribution in [3.8, 4) is 0 Å². The minimum atomic E-state index is 0.733. The van der Waals surface area contributed by atoms with E-state index < -0.39 is 0 Å². The molecule has 0 aliphatic heterocycles. The van der Waals surface area contributed by atoms with E-state index in [1.54, 1.807) is 0 Å². The third kappa shape index (κ3) is 1.89. The van der Waals surface area contributed by atoms with Gasteiger partial charge in [-0.15, -0.1) is 0 Å². The molecule has 0 spiro atoms. The van der Waals surface area contributed by atoms with Gasteiger partial charge in [0.15, 0.2) is 0 Å². The molecule has 2 aliphatic rings. The van der Waals surface area contributed by atoms with Gasteiger partial charge in [-0.3, -0.25) is 0 Å². The Kier molecular flexibility index (Phi) is 3.17. The van der Waals surface area contributed by atoms with Gasteiger partial charge in [0.1, 0.15) is 0 Å². The zero-order valence-electron chi connectivity index (χ0n) is 7.31. The first-order chi connectivity index (χ1) is 5.77. The molecule has 0 heterocycles. The molecule has 0 bridgehead atoms. The molecule has 0 unspecified atom stereocenters. The maximum absolute atomic E-state index is 3.77. The SMILES string of the molecule is Br[C@@H]1C[C@H]2CCCC[C@H]2C[C@H]1Br. The molecule has 2 heteroatoms. The number of fused-ring (bicyclic) bond motifs is 1. The molecule has 2 aliphatic carbocycles. The molecule has 0 saturated heterocycles. The van der Waals surface area contributed by atoms with Crippen molar-refractivity contribution in [1.29, 1.82) is 0 Å². The van der Waals surface area contributed by atoms with Crippen molar-refractivity contribution in [3.05, 3.63) is 0 Å². The van der Waals surface area contributed by atoms with Crippen LogP contribution in [0.5, 0.6) is 0 Å². The molecule has 4 atom stereocenters. The Labute approximate surface area is 91.7 Å². The van der Waals surface area contributed by atoms with Crippen LogP contribution in [-0.2, 0) is 0 Å². The monoisotopic (exact) mass is 294 g/mol. The summed E-state index contributed by atoms with van der Waals surface area (Å²) in [4.78, 5) is 1.47. The van der Waals surface area contributed by atoms with Crippen LogP contribution in [0.3, 0.4) is 0 Å². The Morgan fingerprint density at radius 2 is 1.17 bits per heavy atom. The molecule has 12 heavy (non-hydrogen) atoms. The highest BCUT2D eigenvalue weighted by molar-refractivity contribution is 9.12. The minimum Gasteiger partial charge on any atom is -0.0878 e. The summed E-state index contributed by atoms with van der Waals surface area (Å²) in [6, 6.07) is 0. The zero-order chi connectivity index (χ0) is 8.55. The molecule has 0 aromatic heterocycles. The average Bonchev–Trinajstić information content (AvgIpc) is 2.07. The molecule has 0 N–H and O–H groups in total. The van der Waals surface area contributed by atoms with Gasteiger partial charge in [-0.25, -0.2) is 0 Å². The molecule has 0 aromatic rings. The fourth-order valence-corrected chi connectivity index (χ4v) is 4.17. The molecule has 2 rings (SSSR count). The van der Waals surface area contributed by atoms with Gasteiger partial charge in [0.05, 0.1) is 0 Å². The maximum atomic E-state index is 3.77. The van der Waals surface area contributed by atoms with E-state index in [0.717, 1.165) is 21.5 Å². The Morgan fingerprint density at radius 1 is 0.750 bits per heavy atom. The molecule has 0 nitrogen and oxygen atoms in total. The van der Waals surface area contributed by atoms with E-state index in [1.807, 2.05) is 0 Å². The van der Waals surface area contributed by atoms with Crippen LogP contribution in [0, 0.1) is 11.8 Å². The van der Waals surface area contributed by atoms with E-state index in [2.05, 4.69) is 31.9 Å². The second-order valence-corrected chi connectivity index (χ2v) is 6.66. The molecular formula is C10H16Br2. The van der Waals surface area contributed by atoms with Gasteiger partial charge in [0.2, 0.25) is 0 Å². The van der Waals surface area contributed by atoms with Crippen LogP contribution in [-0.4, -0.2) is 9.65 Å². The lowest BCUT2D eigenvalue weighted by Crippen LogP contribution is -2.34. The van der Waals surface area contributed by atoms with Crippen molar-refractivity contribution in [2.45, 2.75) is 48.2 Å². The first-order valence-electron chi connectivity index (χ1n) is 5.05. The fraction of sp³-hybridized carbons (Fsp3) is 1.00. The Balaban J connectivity index is 1.98. The fourth-order valence-electron chi connectivity index (χ4n) is 2.78. The van der Waals surface area contributed by atoms with Gasteiger partial charge in [0.25, 0.3) is 0 Å². The van der Waals surface area contributed by atoms with E-state index in [1.165, 1.54) is 38.5 Å². The summed E-state index contributed by atoms with van der Waals surface area (Å²) in [6.07, 6.45) is 8.75. The molecule has 0 radical (unpaired) electrons. The summed E-state index contributed by atoms with van der Waals surface area (Å²) >= 11 is 7.54. The lowest BCUT2D eigenvalue weighted by Gasteiger charge is -2.40. The normalized spacial score (nSPS) is 48.5. The molecule has 2 saturated carbocycles. The van der Waals surface area contributed by atoms with Crippen molar-refractivity contribution in [2.24, 2.45) is 11.8 Å². The van der Waals surface area contributed by atoms with Gasteiger partial charge in [-0.1, -0.05) is 57.5 Å². The largest absolute Gasteiger partial charge is 0.0878 e. The Bertz CT molecular complexity index is 140. The summed E-state index contributed by atoms with van der Waals surface area (Å²) in [5, 5.41) is 0. The predicted molar refractivity (Wildman–Crippen MR) is 60.1 cm³/mol. The summed E-state index contributed by atoms with van der Waals surface area (Å²) < 4.78 is 0. The zero-order valence-corrected chi connectivity index (χ0v) is 10.5. The third-order valence-corrected chi connectivity index (χ3v) is 6.25. The van der Waals surface area contributed by atoms with Crippen molar-refractivity contribution >= 4 is 31.9 Å². The highest BCUT2D eigenvalue weighted by atomic mass is 79.9. The standard InChI is InChI=1S/C10H16Br2/c11-9-5-7-3-1-2-4-8(7)6-10(9)12/h7-10H,1-6H2/t7-,8+,9-,10-/m1/s1. The van der Waals surface area contributed by atoms with Crippen LogP contribution < -0.4 is 0 Å². The summed E-state index contributed by atoms with van der Waals surface area (Å²) in [5.74, 6) is 2.08. The maximum Gasteiger partial charge on any atom is 0.0273 e. The molecule has 0 amide bonds. The quantitative estimate of drug-likeness (QED) is 0.590. The second kappa shape index (κ2) is 4.00. The third-order valence-electron chi connectivity index (χ3n) is 3.51. The van der Waals surface area contributed by atoms with E-state index in [-0.39, 0.29) is 0 Å². The van der Waals surface area contributed by atoms with Crippen molar-refractivity contribution < 1.29 is 0 Å². The van der Waals surface area contributed by atoms with E-state index in [0.29, 0.717) is 0 Å². The van der Waals surface area contributed by atoms with Crippen LogP contribution in [0.4, 0.5) is 0 Å². The van der Waals surface area contributed by atoms with Crippen molar-refractivity contribution in [2.75, 3.05) is 0 Å². The van der Waals surface area contributed by atoms with Crippen LogP contribution in [0.1, 0.15) is 38.5 Å². The lowest BCUT2D eigenvalue weighted by atomic mass is 9.71. The van der Waals surface area contributed by atoms with E-state index in [4.69, 9.17) is 0 Å². The summed E-state index contributed by atoms with van der Waals surface area (Å²) in [7, 11) is 0. The van der Waals surface area contributed by atoms with Crippen LogP contribution in [0.2, 0.25) is 0 Å². The topological polar surface area (TPSA) is 0 Å². The summed E-state index contributed by atoms with van der Waals surface area (Å²) in [5.41, 5.74) is 0. The number of hydrogen-bond donors (Lipinski definition) is 0. The Morgan fingerprint density at radius 3 is 1.58 bits per heavy atom. The van der Waals surface area contributed by atoms with Gasteiger partial charge in [-0.05, 0) is 24.7 Å².